The van der Waals surface area contributed by atoms with Crippen LogP contribution in [0.5, 0.6) is 5.75 Å². The Labute approximate surface area is 256 Å². The first-order valence-electron chi connectivity index (χ1n) is 14.1. The number of carbonyl (C=O) groups excluding carboxylic acids is 3. The molecule has 1 saturated heterocycles. The number of benzene rings is 4. The highest BCUT2D eigenvalue weighted by Gasteiger charge is 2.23. The molecule has 220 valence electrons. The van der Waals surface area contributed by atoms with Gasteiger partial charge in [0, 0.05) is 60.2 Å². The van der Waals surface area contributed by atoms with Crippen molar-refractivity contribution in [3.8, 4) is 5.75 Å². The van der Waals surface area contributed by atoms with Crippen molar-refractivity contribution in [3.63, 3.8) is 0 Å². The van der Waals surface area contributed by atoms with Gasteiger partial charge in [0.05, 0.1) is 7.11 Å². The van der Waals surface area contributed by atoms with Gasteiger partial charge in [-0.25, -0.2) is 0 Å². The monoisotopic (exact) mass is 596 g/mol. The highest BCUT2D eigenvalue weighted by molar-refractivity contribution is 6.30. The minimum Gasteiger partial charge on any atom is -0.497 e. The van der Waals surface area contributed by atoms with Crippen molar-refractivity contribution >= 4 is 40.7 Å². The first-order chi connectivity index (χ1) is 20.9. The summed E-state index contributed by atoms with van der Waals surface area (Å²) in [5.74, 6) is 0.181. The van der Waals surface area contributed by atoms with Crippen LogP contribution in [0.15, 0.2) is 103 Å². The molecular formula is C34H33ClN4O4. The summed E-state index contributed by atoms with van der Waals surface area (Å²) in [4.78, 5) is 44.9. The number of methoxy groups -OCH3 is 1. The van der Waals surface area contributed by atoms with Gasteiger partial charge in [0.2, 0.25) is 5.91 Å². The number of hydrogen-bond acceptors (Lipinski definition) is 5. The fourth-order valence-electron chi connectivity index (χ4n) is 4.99. The fraction of sp³-hybridized carbons (Fsp3) is 0.206. The molecule has 0 unspecified atom stereocenters. The molecule has 1 heterocycles. The fourth-order valence-corrected chi connectivity index (χ4v) is 5.12. The maximum atomic E-state index is 13.3. The van der Waals surface area contributed by atoms with Gasteiger partial charge in [-0.15, -0.1) is 0 Å². The average molecular weight is 597 g/mol. The van der Waals surface area contributed by atoms with Crippen molar-refractivity contribution in [2.24, 2.45) is 0 Å². The van der Waals surface area contributed by atoms with E-state index in [9.17, 15) is 14.4 Å². The van der Waals surface area contributed by atoms with Crippen LogP contribution in [0.4, 0.5) is 11.4 Å². The Morgan fingerprint density at radius 2 is 1.42 bits per heavy atom. The molecule has 9 heteroatoms. The van der Waals surface area contributed by atoms with Crippen LogP contribution >= 0.6 is 11.6 Å². The van der Waals surface area contributed by atoms with Gasteiger partial charge in [0.25, 0.3) is 11.8 Å². The molecule has 0 aromatic heterocycles. The second-order valence-corrected chi connectivity index (χ2v) is 10.7. The van der Waals surface area contributed by atoms with E-state index in [1.165, 1.54) is 4.90 Å². The van der Waals surface area contributed by atoms with Gasteiger partial charge in [-0.2, -0.15) is 0 Å². The third-order valence-electron chi connectivity index (χ3n) is 7.35. The number of nitrogens with zero attached hydrogens (tertiary/aromatic N) is 3. The third kappa shape index (κ3) is 7.72. The van der Waals surface area contributed by atoms with E-state index in [0.29, 0.717) is 54.6 Å². The van der Waals surface area contributed by atoms with Gasteiger partial charge < -0.3 is 24.8 Å². The predicted molar refractivity (Wildman–Crippen MR) is 169 cm³/mol. The van der Waals surface area contributed by atoms with Crippen molar-refractivity contribution in [1.82, 2.24) is 9.80 Å². The first kappa shape index (κ1) is 29.7. The zero-order valence-electron chi connectivity index (χ0n) is 23.9. The molecule has 0 radical (unpaired) electrons. The number of carbonyl (C=O) groups is 3. The van der Waals surface area contributed by atoms with Crippen LogP contribution in [0.1, 0.15) is 26.3 Å². The molecule has 43 heavy (non-hydrogen) atoms. The molecule has 5 rings (SSSR count). The minimum atomic E-state index is -0.295. The van der Waals surface area contributed by atoms with Crippen molar-refractivity contribution in [2.75, 3.05) is 50.1 Å². The van der Waals surface area contributed by atoms with Gasteiger partial charge >= 0.3 is 0 Å². The maximum Gasteiger partial charge on any atom is 0.254 e. The molecule has 4 aromatic carbocycles. The number of piperazine rings is 1. The number of hydrogen-bond donors (Lipinski definition) is 1. The quantitative estimate of drug-likeness (QED) is 0.272. The molecule has 1 fully saturated rings. The van der Waals surface area contributed by atoms with E-state index in [1.54, 1.807) is 55.6 Å². The largest absolute Gasteiger partial charge is 0.497 e. The highest BCUT2D eigenvalue weighted by Crippen LogP contribution is 2.21. The number of nitrogens with one attached hydrogen (secondary N) is 1. The lowest BCUT2D eigenvalue weighted by atomic mass is 10.1. The predicted octanol–water partition coefficient (Wildman–Crippen LogP) is 5.59. The molecule has 3 amide bonds. The Kier molecular flexibility index (Phi) is 9.59. The molecule has 1 aliphatic heterocycles. The summed E-state index contributed by atoms with van der Waals surface area (Å²) in [5, 5.41) is 3.46. The van der Waals surface area contributed by atoms with E-state index in [0.717, 1.165) is 17.0 Å². The van der Waals surface area contributed by atoms with E-state index in [4.69, 9.17) is 16.3 Å². The Morgan fingerprint density at radius 1 is 0.791 bits per heavy atom. The normalized spacial score (nSPS) is 12.9. The van der Waals surface area contributed by atoms with E-state index in [-0.39, 0.29) is 24.3 Å². The van der Waals surface area contributed by atoms with Gasteiger partial charge in [0.15, 0.2) is 0 Å². The molecule has 1 aliphatic rings. The van der Waals surface area contributed by atoms with Crippen LogP contribution in [-0.4, -0.2) is 67.4 Å². The number of rotatable bonds is 9. The topological polar surface area (TPSA) is 82.2 Å². The van der Waals surface area contributed by atoms with Crippen LogP contribution in [-0.2, 0) is 11.3 Å². The number of anilines is 2. The van der Waals surface area contributed by atoms with Crippen LogP contribution in [0.3, 0.4) is 0 Å². The molecule has 0 saturated carbocycles. The number of amides is 3. The zero-order chi connectivity index (χ0) is 30.2. The molecule has 0 bridgehead atoms. The molecule has 8 nitrogen and oxygen atoms in total. The van der Waals surface area contributed by atoms with Gasteiger partial charge in [-0.05, 0) is 78.4 Å². The SMILES string of the molecule is COc1ccc(C(=O)N2CCN(c3ccc(NC(=O)CN(Cc4ccccc4)C(=O)c4ccc(Cl)cc4)cc3)CC2)cc1. The van der Waals surface area contributed by atoms with Crippen LogP contribution in [0.2, 0.25) is 5.02 Å². The Bertz CT molecular complexity index is 1540. The van der Waals surface area contributed by atoms with E-state index in [1.807, 2.05) is 59.5 Å². The lowest BCUT2D eigenvalue weighted by Crippen LogP contribution is -2.48. The molecule has 0 atom stereocenters. The van der Waals surface area contributed by atoms with Crippen LogP contribution < -0.4 is 15.0 Å². The van der Waals surface area contributed by atoms with E-state index >= 15 is 0 Å². The van der Waals surface area contributed by atoms with Crippen molar-refractivity contribution < 1.29 is 19.1 Å². The van der Waals surface area contributed by atoms with Crippen LogP contribution in [0, 0.1) is 0 Å². The van der Waals surface area contributed by atoms with Crippen molar-refractivity contribution in [3.05, 3.63) is 125 Å². The molecule has 0 spiro atoms. The van der Waals surface area contributed by atoms with E-state index in [2.05, 4.69) is 10.2 Å². The lowest BCUT2D eigenvalue weighted by molar-refractivity contribution is -0.117. The second kappa shape index (κ2) is 13.9. The first-order valence-corrected chi connectivity index (χ1v) is 14.4. The maximum absolute atomic E-state index is 13.3. The van der Waals surface area contributed by atoms with E-state index < -0.39 is 0 Å². The van der Waals surface area contributed by atoms with Gasteiger partial charge in [-0.3, -0.25) is 14.4 Å². The second-order valence-electron chi connectivity index (χ2n) is 10.3. The minimum absolute atomic E-state index is 0.0104. The Morgan fingerprint density at radius 3 is 2.05 bits per heavy atom. The summed E-state index contributed by atoms with van der Waals surface area (Å²) in [7, 11) is 1.60. The van der Waals surface area contributed by atoms with Crippen molar-refractivity contribution in [2.45, 2.75) is 6.54 Å². The summed E-state index contributed by atoms with van der Waals surface area (Å²) in [6.07, 6.45) is 0. The molecule has 0 aliphatic carbocycles. The summed E-state index contributed by atoms with van der Waals surface area (Å²) >= 11 is 6.00. The highest BCUT2D eigenvalue weighted by atomic mass is 35.5. The van der Waals surface area contributed by atoms with Crippen LogP contribution in [0.25, 0.3) is 0 Å². The lowest BCUT2D eigenvalue weighted by Gasteiger charge is -2.36. The summed E-state index contributed by atoms with van der Waals surface area (Å²) in [6, 6.07) is 31.0. The number of halogens is 1. The average Bonchev–Trinajstić information content (AvgIpc) is 3.05. The summed E-state index contributed by atoms with van der Waals surface area (Å²) in [6.45, 7) is 2.82. The third-order valence-corrected chi connectivity index (χ3v) is 7.60. The summed E-state index contributed by atoms with van der Waals surface area (Å²) in [5.41, 5.74) is 3.68. The Hall–Kier alpha value is -4.82. The standard InChI is InChI=1S/C34H33ClN4O4/c1-43-31-17-9-27(10-18-31)33(41)38-21-19-37(20-22-38)30-15-13-29(14-16-30)36-32(40)24-39(23-25-5-3-2-4-6-25)34(42)26-7-11-28(35)12-8-26/h2-18H,19-24H2,1H3,(H,36,40). The van der Waals surface area contributed by atoms with Crippen molar-refractivity contribution in [1.29, 1.82) is 0 Å². The summed E-state index contributed by atoms with van der Waals surface area (Å²) < 4.78 is 5.18. The van der Waals surface area contributed by atoms with Gasteiger partial charge in [0.1, 0.15) is 12.3 Å². The molecular weight excluding hydrogens is 564 g/mol. The van der Waals surface area contributed by atoms with Gasteiger partial charge in [-0.1, -0.05) is 41.9 Å². The number of ether oxygens (including phenoxy) is 1. The smallest absolute Gasteiger partial charge is 0.254 e. The molecule has 4 aromatic rings. The Balaban J connectivity index is 1.17. The molecule has 1 N–H and O–H groups in total. The zero-order valence-corrected chi connectivity index (χ0v) is 24.7.